The van der Waals surface area contributed by atoms with Crippen molar-refractivity contribution in [1.29, 1.82) is 5.26 Å². The fourth-order valence-corrected chi connectivity index (χ4v) is 2.88. The Morgan fingerprint density at radius 1 is 1.43 bits per heavy atom. The van der Waals surface area contributed by atoms with Gasteiger partial charge in [-0.2, -0.15) is 5.26 Å². The van der Waals surface area contributed by atoms with E-state index < -0.39 is 5.92 Å². The standard InChI is InChI=1S/C16H15N3O2/c1-10(20)13-14(11-5-3-2-4-6-11)12(9-17)15(18)19-7-8-21-16(13)19/h2-6,14H,7-8,18H2,1H3. The fourth-order valence-electron chi connectivity index (χ4n) is 2.88. The Hall–Kier alpha value is -2.74. The smallest absolute Gasteiger partial charge is 0.203 e. The maximum atomic E-state index is 12.2. The summed E-state index contributed by atoms with van der Waals surface area (Å²) in [5.74, 6) is 0.306. The number of rotatable bonds is 2. The van der Waals surface area contributed by atoms with Crippen molar-refractivity contribution in [2.45, 2.75) is 12.8 Å². The molecule has 21 heavy (non-hydrogen) atoms. The minimum absolute atomic E-state index is 0.106. The molecule has 1 aromatic rings. The third-order valence-corrected chi connectivity index (χ3v) is 3.81. The second-order valence-electron chi connectivity index (χ2n) is 5.03. The highest BCUT2D eigenvalue weighted by Gasteiger charge is 2.40. The average molecular weight is 281 g/mol. The first-order valence-corrected chi connectivity index (χ1v) is 6.75. The predicted octanol–water partition coefficient (Wildman–Crippen LogP) is 1.61. The Morgan fingerprint density at radius 3 is 2.76 bits per heavy atom. The molecule has 106 valence electrons. The summed E-state index contributed by atoms with van der Waals surface area (Å²) >= 11 is 0. The molecule has 0 aromatic heterocycles. The molecule has 1 aromatic carbocycles. The number of ketones is 1. The van der Waals surface area contributed by atoms with Gasteiger partial charge in [-0.15, -0.1) is 0 Å². The van der Waals surface area contributed by atoms with E-state index >= 15 is 0 Å². The molecular formula is C16H15N3O2. The van der Waals surface area contributed by atoms with E-state index in [1.165, 1.54) is 6.92 Å². The number of Topliss-reactive ketones (excluding diaryl/α,β-unsaturated/α-hetero) is 1. The van der Waals surface area contributed by atoms with Gasteiger partial charge in [0.2, 0.25) is 5.88 Å². The number of nitriles is 1. The average Bonchev–Trinajstić information content (AvgIpc) is 2.97. The molecule has 1 atom stereocenters. The third kappa shape index (κ3) is 1.96. The molecule has 0 bridgehead atoms. The summed E-state index contributed by atoms with van der Waals surface area (Å²) < 4.78 is 5.61. The van der Waals surface area contributed by atoms with Crippen LogP contribution in [0.1, 0.15) is 18.4 Å². The summed E-state index contributed by atoms with van der Waals surface area (Å²) in [6.07, 6.45) is 0. The molecule has 0 amide bonds. The van der Waals surface area contributed by atoms with Crippen LogP contribution >= 0.6 is 0 Å². The molecule has 3 rings (SSSR count). The molecule has 0 saturated carbocycles. The number of benzene rings is 1. The Balaban J connectivity index is 2.25. The Bertz CT molecular complexity index is 698. The number of nitrogens with zero attached hydrogens (tertiary/aromatic N) is 2. The van der Waals surface area contributed by atoms with Crippen LogP contribution in [0.25, 0.3) is 0 Å². The minimum Gasteiger partial charge on any atom is -0.477 e. The lowest BCUT2D eigenvalue weighted by molar-refractivity contribution is -0.114. The van der Waals surface area contributed by atoms with E-state index in [1.54, 1.807) is 4.90 Å². The van der Waals surface area contributed by atoms with E-state index in [2.05, 4.69) is 6.07 Å². The van der Waals surface area contributed by atoms with Gasteiger partial charge in [0.25, 0.3) is 0 Å². The molecule has 0 spiro atoms. The molecular weight excluding hydrogens is 266 g/mol. The zero-order valence-electron chi connectivity index (χ0n) is 11.7. The summed E-state index contributed by atoms with van der Waals surface area (Å²) in [5.41, 5.74) is 7.90. The van der Waals surface area contributed by atoms with Crippen LogP contribution in [0.5, 0.6) is 0 Å². The number of carbonyl (C=O) groups excluding carboxylic acids is 1. The topological polar surface area (TPSA) is 79.3 Å². The van der Waals surface area contributed by atoms with Crippen LogP contribution in [0.3, 0.4) is 0 Å². The van der Waals surface area contributed by atoms with E-state index in [0.29, 0.717) is 36.0 Å². The lowest BCUT2D eigenvalue weighted by atomic mass is 9.81. The highest BCUT2D eigenvalue weighted by atomic mass is 16.5. The van der Waals surface area contributed by atoms with Crippen molar-refractivity contribution in [3.8, 4) is 6.07 Å². The van der Waals surface area contributed by atoms with Crippen LogP contribution in [0.2, 0.25) is 0 Å². The van der Waals surface area contributed by atoms with Gasteiger partial charge in [0, 0.05) is 0 Å². The van der Waals surface area contributed by atoms with Crippen LogP contribution in [0.4, 0.5) is 0 Å². The zero-order valence-corrected chi connectivity index (χ0v) is 11.7. The highest BCUT2D eigenvalue weighted by Crippen LogP contribution is 2.42. The van der Waals surface area contributed by atoms with Crippen molar-refractivity contribution >= 4 is 5.78 Å². The lowest BCUT2D eigenvalue weighted by Gasteiger charge is -2.31. The molecule has 2 aliphatic rings. The van der Waals surface area contributed by atoms with Gasteiger partial charge in [-0.05, 0) is 12.5 Å². The molecule has 5 heteroatoms. The first-order valence-electron chi connectivity index (χ1n) is 6.75. The van der Waals surface area contributed by atoms with Crippen LogP contribution < -0.4 is 5.73 Å². The Kier molecular flexibility index (Phi) is 3.15. The molecule has 2 N–H and O–H groups in total. The highest BCUT2D eigenvalue weighted by molar-refractivity contribution is 5.97. The molecule has 2 aliphatic heterocycles. The van der Waals surface area contributed by atoms with Gasteiger partial charge >= 0.3 is 0 Å². The predicted molar refractivity (Wildman–Crippen MR) is 76.4 cm³/mol. The van der Waals surface area contributed by atoms with Crippen LogP contribution in [-0.4, -0.2) is 23.8 Å². The molecule has 1 unspecified atom stereocenters. The largest absolute Gasteiger partial charge is 0.477 e. The zero-order chi connectivity index (χ0) is 15.0. The first-order chi connectivity index (χ1) is 10.1. The molecule has 5 nitrogen and oxygen atoms in total. The van der Waals surface area contributed by atoms with Gasteiger partial charge in [0.05, 0.1) is 29.7 Å². The number of hydrogen-bond acceptors (Lipinski definition) is 5. The number of hydrogen-bond donors (Lipinski definition) is 1. The van der Waals surface area contributed by atoms with E-state index in [-0.39, 0.29) is 5.78 Å². The first kappa shape index (κ1) is 13.3. The molecule has 0 radical (unpaired) electrons. The van der Waals surface area contributed by atoms with E-state index in [1.807, 2.05) is 30.3 Å². The van der Waals surface area contributed by atoms with Crippen molar-refractivity contribution in [1.82, 2.24) is 4.90 Å². The molecule has 1 saturated heterocycles. The van der Waals surface area contributed by atoms with Gasteiger partial charge in [-0.1, -0.05) is 30.3 Å². The molecule has 2 heterocycles. The number of carbonyl (C=O) groups is 1. The van der Waals surface area contributed by atoms with Crippen molar-refractivity contribution in [3.05, 3.63) is 58.7 Å². The van der Waals surface area contributed by atoms with Crippen LogP contribution in [0, 0.1) is 11.3 Å². The maximum Gasteiger partial charge on any atom is 0.203 e. The van der Waals surface area contributed by atoms with E-state index in [4.69, 9.17) is 10.5 Å². The quantitative estimate of drug-likeness (QED) is 0.891. The van der Waals surface area contributed by atoms with E-state index in [9.17, 15) is 10.1 Å². The molecule has 0 aliphatic carbocycles. The van der Waals surface area contributed by atoms with Gasteiger partial charge in [0.15, 0.2) is 5.78 Å². The van der Waals surface area contributed by atoms with Crippen LogP contribution in [0.15, 0.2) is 53.2 Å². The second-order valence-corrected chi connectivity index (χ2v) is 5.03. The minimum atomic E-state index is -0.460. The molecule has 1 fully saturated rings. The van der Waals surface area contributed by atoms with Crippen molar-refractivity contribution in [2.75, 3.05) is 13.2 Å². The lowest BCUT2D eigenvalue weighted by Crippen LogP contribution is -2.34. The summed E-state index contributed by atoms with van der Waals surface area (Å²) in [6, 6.07) is 11.6. The van der Waals surface area contributed by atoms with Crippen molar-refractivity contribution < 1.29 is 9.53 Å². The van der Waals surface area contributed by atoms with Crippen molar-refractivity contribution in [2.24, 2.45) is 5.73 Å². The SMILES string of the molecule is CC(=O)C1=C2OCCN2C(N)=C(C#N)C1c1ccccc1. The maximum absolute atomic E-state index is 12.2. The normalized spacial score (nSPS) is 21.0. The summed E-state index contributed by atoms with van der Waals surface area (Å²) in [5, 5.41) is 9.52. The number of fused-ring (bicyclic) bond motifs is 1. The summed E-state index contributed by atoms with van der Waals surface area (Å²) in [6.45, 7) is 2.52. The Labute approximate surface area is 122 Å². The van der Waals surface area contributed by atoms with Crippen molar-refractivity contribution in [3.63, 3.8) is 0 Å². The van der Waals surface area contributed by atoms with Gasteiger partial charge in [-0.3, -0.25) is 9.69 Å². The van der Waals surface area contributed by atoms with Gasteiger partial charge in [0.1, 0.15) is 12.4 Å². The monoisotopic (exact) mass is 281 g/mol. The van der Waals surface area contributed by atoms with Gasteiger partial charge < -0.3 is 10.5 Å². The Morgan fingerprint density at radius 2 is 2.14 bits per heavy atom. The summed E-state index contributed by atoms with van der Waals surface area (Å²) in [7, 11) is 0. The number of nitrogens with two attached hydrogens (primary N) is 1. The second kappa shape index (κ2) is 4.98. The fraction of sp³-hybridized carbons (Fsp3) is 0.250. The van der Waals surface area contributed by atoms with Crippen LogP contribution in [-0.2, 0) is 9.53 Å². The number of allylic oxidation sites excluding steroid dienone is 2. The van der Waals surface area contributed by atoms with E-state index in [0.717, 1.165) is 5.56 Å². The third-order valence-electron chi connectivity index (χ3n) is 3.81. The number of ether oxygens (including phenoxy) is 1. The summed E-state index contributed by atoms with van der Waals surface area (Å²) in [4.78, 5) is 13.9. The van der Waals surface area contributed by atoms with Gasteiger partial charge in [-0.25, -0.2) is 0 Å².